The number of rotatable bonds is 8. The molecule has 1 fully saturated rings. The van der Waals surface area contributed by atoms with Crippen molar-refractivity contribution in [2.45, 2.75) is 59.4 Å². The quantitative estimate of drug-likeness (QED) is 0.251. The summed E-state index contributed by atoms with van der Waals surface area (Å²) in [5.74, 6) is 1.28. The van der Waals surface area contributed by atoms with E-state index in [1.54, 1.807) is 40.4 Å². The van der Waals surface area contributed by atoms with E-state index in [2.05, 4.69) is 28.3 Å². The molecule has 0 saturated heterocycles. The molecule has 0 radical (unpaired) electrons. The van der Waals surface area contributed by atoms with E-state index < -0.39 is 5.97 Å². The van der Waals surface area contributed by atoms with Gasteiger partial charge in [0.1, 0.15) is 17.7 Å². The van der Waals surface area contributed by atoms with E-state index in [1.165, 1.54) is 0 Å². The van der Waals surface area contributed by atoms with Gasteiger partial charge in [-0.05, 0) is 76.1 Å². The molecule has 4 aromatic rings. The zero-order chi connectivity index (χ0) is 28.4. The van der Waals surface area contributed by atoms with E-state index in [9.17, 15) is 9.59 Å². The fraction of sp³-hybridized carbons (Fsp3) is 0.433. The Morgan fingerprint density at radius 3 is 2.52 bits per heavy atom. The van der Waals surface area contributed by atoms with Gasteiger partial charge in [-0.1, -0.05) is 19.1 Å². The Hall–Kier alpha value is -3.79. The van der Waals surface area contributed by atoms with Gasteiger partial charge < -0.3 is 10.1 Å². The first kappa shape index (κ1) is 27.8. The van der Waals surface area contributed by atoms with Crippen molar-refractivity contribution in [3.8, 4) is 16.1 Å². The number of carbonyl (C=O) groups excluding carboxylic acids is 2. The van der Waals surface area contributed by atoms with Crippen LogP contribution in [0, 0.1) is 11.8 Å². The van der Waals surface area contributed by atoms with Crippen LogP contribution >= 0.6 is 11.3 Å². The first-order valence-electron chi connectivity index (χ1n) is 13.9. The average Bonchev–Trinajstić information content (AvgIpc) is 3.59. The van der Waals surface area contributed by atoms with Gasteiger partial charge in [-0.25, -0.2) is 19.4 Å². The molecule has 1 aliphatic carbocycles. The Morgan fingerprint density at radius 2 is 1.88 bits per heavy atom. The number of aromatic nitrogens is 4. The summed E-state index contributed by atoms with van der Waals surface area (Å²) in [6.07, 6.45) is 7.03. The standard InChI is InChI=1S/C30H36N6O3S/c1-6-39-30(38)23-16-35(34-28(23)36(18(2)3)29(37)21-9-7-19(4)8-10-21)22-13-11-20(12-14-22)25-15-24-26(40-25)27(31-5)33-17-32-24/h11-19,21H,6-10H2,1-5H3,(H,31,32,33)/t19-,21-. The monoisotopic (exact) mass is 560 g/mol. The molecule has 3 aromatic heterocycles. The number of hydrogen-bond acceptors (Lipinski definition) is 8. The lowest BCUT2D eigenvalue weighted by atomic mass is 9.82. The average molecular weight is 561 g/mol. The summed E-state index contributed by atoms with van der Waals surface area (Å²) in [4.78, 5) is 38.3. The van der Waals surface area contributed by atoms with Crippen LogP contribution in [0.15, 0.2) is 42.9 Å². The maximum Gasteiger partial charge on any atom is 0.343 e. The van der Waals surface area contributed by atoms with Crippen molar-refractivity contribution in [2.24, 2.45) is 11.8 Å². The van der Waals surface area contributed by atoms with Crippen LogP contribution in [0.25, 0.3) is 26.3 Å². The molecule has 5 rings (SSSR count). The number of amides is 1. The zero-order valence-electron chi connectivity index (χ0n) is 23.7. The number of ether oxygens (including phenoxy) is 1. The summed E-state index contributed by atoms with van der Waals surface area (Å²) in [5, 5.41) is 7.91. The Kier molecular flexibility index (Phi) is 8.16. The fourth-order valence-corrected chi connectivity index (χ4v) is 6.40. The van der Waals surface area contributed by atoms with Crippen LogP contribution in [0.4, 0.5) is 11.6 Å². The Labute approximate surface area is 238 Å². The van der Waals surface area contributed by atoms with Crippen LogP contribution in [-0.4, -0.2) is 51.3 Å². The second-order valence-corrected chi connectivity index (χ2v) is 11.7. The third-order valence-electron chi connectivity index (χ3n) is 7.50. The van der Waals surface area contributed by atoms with Gasteiger partial charge in [-0.3, -0.25) is 9.69 Å². The van der Waals surface area contributed by atoms with Gasteiger partial charge in [-0.15, -0.1) is 16.4 Å². The molecule has 1 N–H and O–H groups in total. The van der Waals surface area contributed by atoms with Crippen molar-refractivity contribution >= 4 is 45.1 Å². The molecule has 1 saturated carbocycles. The third kappa shape index (κ3) is 5.45. The van der Waals surface area contributed by atoms with Gasteiger partial charge >= 0.3 is 5.97 Å². The smallest absolute Gasteiger partial charge is 0.343 e. The summed E-state index contributed by atoms with van der Waals surface area (Å²) in [6.45, 7) is 8.17. The number of nitrogens with one attached hydrogen (secondary N) is 1. The van der Waals surface area contributed by atoms with E-state index in [-0.39, 0.29) is 24.5 Å². The number of nitrogens with zero attached hydrogens (tertiary/aromatic N) is 5. The molecule has 40 heavy (non-hydrogen) atoms. The van der Waals surface area contributed by atoms with E-state index in [4.69, 9.17) is 9.84 Å². The molecular formula is C30H36N6O3S. The topological polar surface area (TPSA) is 102 Å². The molecule has 1 aliphatic rings. The van der Waals surface area contributed by atoms with E-state index in [0.29, 0.717) is 17.3 Å². The first-order chi connectivity index (χ1) is 19.3. The lowest BCUT2D eigenvalue weighted by molar-refractivity contribution is -0.124. The lowest BCUT2D eigenvalue weighted by Gasteiger charge is -2.32. The summed E-state index contributed by atoms with van der Waals surface area (Å²) < 4.78 is 8.03. The molecule has 9 nitrogen and oxygen atoms in total. The van der Waals surface area contributed by atoms with Crippen molar-refractivity contribution in [1.29, 1.82) is 0 Å². The second kappa shape index (κ2) is 11.8. The van der Waals surface area contributed by atoms with Crippen LogP contribution in [0.5, 0.6) is 0 Å². The maximum atomic E-state index is 13.8. The first-order valence-corrected chi connectivity index (χ1v) is 14.7. The minimum Gasteiger partial charge on any atom is -0.462 e. The van der Waals surface area contributed by atoms with Gasteiger partial charge in [-0.2, -0.15) is 0 Å². The van der Waals surface area contributed by atoms with Crippen LogP contribution < -0.4 is 10.2 Å². The zero-order valence-corrected chi connectivity index (χ0v) is 24.5. The largest absolute Gasteiger partial charge is 0.462 e. The number of hydrogen-bond donors (Lipinski definition) is 1. The molecule has 1 amide bonds. The third-order valence-corrected chi connectivity index (χ3v) is 8.68. The molecule has 0 spiro atoms. The molecule has 0 atom stereocenters. The molecule has 10 heteroatoms. The van der Waals surface area contributed by atoms with Crippen molar-refractivity contribution in [2.75, 3.05) is 23.9 Å². The Bertz CT molecular complexity index is 1500. The van der Waals surface area contributed by atoms with Gasteiger partial charge in [0.25, 0.3) is 0 Å². The minimum atomic E-state index is -0.484. The van der Waals surface area contributed by atoms with Gasteiger partial charge in [0.05, 0.1) is 22.5 Å². The second-order valence-electron chi connectivity index (χ2n) is 10.6. The van der Waals surface area contributed by atoms with E-state index >= 15 is 0 Å². The highest BCUT2D eigenvalue weighted by Gasteiger charge is 2.34. The molecule has 1 aromatic carbocycles. The maximum absolute atomic E-state index is 13.8. The highest BCUT2D eigenvalue weighted by atomic mass is 32.1. The Morgan fingerprint density at radius 1 is 1.15 bits per heavy atom. The minimum absolute atomic E-state index is 0.0295. The number of fused-ring (bicyclic) bond motifs is 1. The van der Waals surface area contributed by atoms with E-state index in [0.717, 1.165) is 57.8 Å². The lowest BCUT2D eigenvalue weighted by Crippen LogP contribution is -2.43. The van der Waals surface area contributed by atoms with Gasteiger partial charge in [0.15, 0.2) is 5.82 Å². The van der Waals surface area contributed by atoms with Crippen molar-refractivity contribution in [3.63, 3.8) is 0 Å². The number of anilines is 2. The highest BCUT2D eigenvalue weighted by Crippen LogP contribution is 2.36. The number of benzene rings is 1. The summed E-state index contributed by atoms with van der Waals surface area (Å²) >= 11 is 1.63. The molecular weight excluding hydrogens is 524 g/mol. The molecule has 0 unspecified atom stereocenters. The van der Waals surface area contributed by atoms with Crippen molar-refractivity contribution in [3.05, 3.63) is 48.4 Å². The van der Waals surface area contributed by atoms with Crippen LogP contribution in [0.2, 0.25) is 0 Å². The molecule has 0 bridgehead atoms. The Balaban J connectivity index is 1.48. The fourth-order valence-electron chi connectivity index (χ4n) is 5.29. The molecule has 3 heterocycles. The molecule has 210 valence electrons. The van der Waals surface area contributed by atoms with Crippen LogP contribution in [-0.2, 0) is 9.53 Å². The number of esters is 1. The number of carbonyl (C=O) groups is 2. The SMILES string of the molecule is CCOC(=O)c1cn(-c2ccc(-c3cc4ncnc(NC)c4s3)cc2)nc1N(C(=O)[C@H]1CC[C@H](C)CC1)C(C)C. The summed E-state index contributed by atoms with van der Waals surface area (Å²) in [5.41, 5.74) is 3.00. The predicted octanol–water partition coefficient (Wildman–Crippen LogP) is 6.33. The predicted molar refractivity (Wildman–Crippen MR) is 159 cm³/mol. The molecule has 0 aliphatic heterocycles. The number of thiophene rings is 1. The van der Waals surface area contributed by atoms with Crippen molar-refractivity contribution in [1.82, 2.24) is 19.7 Å². The van der Waals surface area contributed by atoms with Gasteiger partial charge in [0.2, 0.25) is 5.91 Å². The van der Waals surface area contributed by atoms with Gasteiger partial charge in [0, 0.05) is 30.1 Å². The van der Waals surface area contributed by atoms with Crippen LogP contribution in [0.1, 0.15) is 63.7 Å². The summed E-state index contributed by atoms with van der Waals surface area (Å²) in [7, 11) is 1.85. The van der Waals surface area contributed by atoms with Crippen LogP contribution in [0.3, 0.4) is 0 Å². The highest BCUT2D eigenvalue weighted by molar-refractivity contribution is 7.22. The normalized spacial score (nSPS) is 17.2. The summed E-state index contributed by atoms with van der Waals surface area (Å²) in [6, 6.07) is 9.85. The van der Waals surface area contributed by atoms with E-state index in [1.807, 2.05) is 45.2 Å². The van der Waals surface area contributed by atoms with Crippen molar-refractivity contribution < 1.29 is 14.3 Å².